The Morgan fingerprint density at radius 1 is 1.44 bits per heavy atom. The molecule has 0 atom stereocenters. The number of aryl methyl sites for hydroxylation is 3. The first-order valence-corrected chi connectivity index (χ1v) is 5.63. The SMILES string of the molecule is Cc1c(Cl)ccc2c(CCC#N)cn(C)c12. The quantitative estimate of drug-likeness (QED) is 0.778. The number of rotatable bonds is 2. The Balaban J connectivity index is 2.63. The molecule has 1 heterocycles. The predicted molar refractivity (Wildman–Crippen MR) is 66.6 cm³/mol. The number of benzene rings is 1. The van der Waals surface area contributed by atoms with E-state index in [-0.39, 0.29) is 0 Å². The molecule has 0 N–H and O–H groups in total. The summed E-state index contributed by atoms with van der Waals surface area (Å²) in [5.74, 6) is 0. The van der Waals surface area contributed by atoms with Gasteiger partial charge < -0.3 is 4.57 Å². The van der Waals surface area contributed by atoms with Crippen LogP contribution in [0.25, 0.3) is 10.9 Å². The molecule has 1 aromatic carbocycles. The number of nitrogens with zero attached hydrogens (tertiary/aromatic N) is 2. The van der Waals surface area contributed by atoms with E-state index in [4.69, 9.17) is 16.9 Å². The molecule has 3 heteroatoms. The van der Waals surface area contributed by atoms with Gasteiger partial charge in [-0.3, -0.25) is 0 Å². The van der Waals surface area contributed by atoms with E-state index in [0.717, 1.165) is 17.0 Å². The van der Waals surface area contributed by atoms with Gasteiger partial charge in [-0.05, 0) is 30.5 Å². The van der Waals surface area contributed by atoms with Crippen molar-refractivity contribution in [2.75, 3.05) is 0 Å². The highest BCUT2D eigenvalue weighted by Crippen LogP contribution is 2.29. The van der Waals surface area contributed by atoms with Crippen molar-refractivity contribution in [2.24, 2.45) is 7.05 Å². The third-order valence-electron chi connectivity index (χ3n) is 2.92. The summed E-state index contributed by atoms with van der Waals surface area (Å²) in [6, 6.07) is 6.15. The first-order chi connectivity index (χ1) is 7.65. The van der Waals surface area contributed by atoms with Crippen LogP contribution in [-0.2, 0) is 13.5 Å². The van der Waals surface area contributed by atoms with Gasteiger partial charge in [-0.1, -0.05) is 17.7 Å². The molecule has 0 saturated carbocycles. The van der Waals surface area contributed by atoms with Gasteiger partial charge in [-0.2, -0.15) is 5.26 Å². The van der Waals surface area contributed by atoms with E-state index >= 15 is 0 Å². The summed E-state index contributed by atoms with van der Waals surface area (Å²) >= 11 is 6.11. The normalized spacial score (nSPS) is 10.6. The van der Waals surface area contributed by atoms with Crippen LogP contribution in [-0.4, -0.2) is 4.57 Å². The summed E-state index contributed by atoms with van der Waals surface area (Å²) in [4.78, 5) is 0. The molecule has 0 saturated heterocycles. The lowest BCUT2D eigenvalue weighted by Crippen LogP contribution is -1.87. The van der Waals surface area contributed by atoms with Crippen molar-refractivity contribution in [1.82, 2.24) is 4.57 Å². The molecule has 0 fully saturated rings. The fourth-order valence-corrected chi connectivity index (χ4v) is 2.30. The molecule has 0 unspecified atom stereocenters. The first kappa shape index (κ1) is 11.0. The Hall–Kier alpha value is -1.46. The van der Waals surface area contributed by atoms with E-state index < -0.39 is 0 Å². The topological polar surface area (TPSA) is 28.7 Å². The fraction of sp³-hybridized carbons (Fsp3) is 0.308. The zero-order valence-corrected chi connectivity index (χ0v) is 10.2. The molecule has 0 spiro atoms. The van der Waals surface area contributed by atoms with Crippen LogP contribution in [0.3, 0.4) is 0 Å². The molecule has 16 heavy (non-hydrogen) atoms. The maximum absolute atomic E-state index is 8.63. The van der Waals surface area contributed by atoms with Crippen LogP contribution in [0, 0.1) is 18.3 Å². The molecular formula is C13H13ClN2. The van der Waals surface area contributed by atoms with E-state index in [1.54, 1.807) is 0 Å². The van der Waals surface area contributed by atoms with Gasteiger partial charge in [-0.15, -0.1) is 0 Å². The summed E-state index contributed by atoms with van der Waals surface area (Å²) in [6.45, 7) is 2.03. The Labute approximate surface area is 100 Å². The van der Waals surface area contributed by atoms with Gasteiger partial charge in [-0.25, -0.2) is 0 Å². The van der Waals surface area contributed by atoms with Crippen LogP contribution in [0.15, 0.2) is 18.3 Å². The van der Waals surface area contributed by atoms with Gasteiger partial charge in [0.05, 0.1) is 11.6 Å². The molecule has 0 radical (unpaired) electrons. The lowest BCUT2D eigenvalue weighted by Gasteiger charge is -2.03. The number of aromatic nitrogens is 1. The maximum Gasteiger partial charge on any atom is 0.0625 e. The largest absolute Gasteiger partial charge is 0.350 e. The molecule has 82 valence electrons. The summed E-state index contributed by atoms with van der Waals surface area (Å²) in [6.07, 6.45) is 3.45. The number of hydrogen-bond donors (Lipinski definition) is 0. The van der Waals surface area contributed by atoms with Gasteiger partial charge in [0.15, 0.2) is 0 Å². The molecule has 2 aromatic rings. The van der Waals surface area contributed by atoms with Crippen LogP contribution in [0.4, 0.5) is 0 Å². The Morgan fingerprint density at radius 2 is 2.19 bits per heavy atom. The Morgan fingerprint density at radius 3 is 2.88 bits per heavy atom. The van der Waals surface area contributed by atoms with Gasteiger partial charge in [0.25, 0.3) is 0 Å². The van der Waals surface area contributed by atoms with Gasteiger partial charge >= 0.3 is 0 Å². The van der Waals surface area contributed by atoms with Crippen LogP contribution in [0.2, 0.25) is 5.02 Å². The second-order valence-electron chi connectivity index (χ2n) is 3.99. The molecule has 0 aliphatic heterocycles. The summed E-state index contributed by atoms with van der Waals surface area (Å²) in [7, 11) is 2.02. The van der Waals surface area contributed by atoms with Crippen molar-refractivity contribution in [3.8, 4) is 6.07 Å². The summed E-state index contributed by atoms with van der Waals surface area (Å²) in [5, 5.41) is 10.6. The molecule has 1 aromatic heterocycles. The van der Waals surface area contributed by atoms with Crippen molar-refractivity contribution in [3.05, 3.63) is 34.5 Å². The lowest BCUT2D eigenvalue weighted by molar-refractivity contribution is 0.937. The molecule has 2 nitrogen and oxygen atoms in total. The van der Waals surface area contributed by atoms with E-state index in [1.807, 2.05) is 26.1 Å². The first-order valence-electron chi connectivity index (χ1n) is 5.25. The van der Waals surface area contributed by atoms with Crippen molar-refractivity contribution in [1.29, 1.82) is 5.26 Å². The molecule has 0 aliphatic carbocycles. The number of hydrogen-bond acceptors (Lipinski definition) is 1. The van der Waals surface area contributed by atoms with Crippen LogP contribution < -0.4 is 0 Å². The zero-order chi connectivity index (χ0) is 11.7. The summed E-state index contributed by atoms with van der Waals surface area (Å²) in [5.41, 5.74) is 3.49. The zero-order valence-electron chi connectivity index (χ0n) is 9.42. The number of fused-ring (bicyclic) bond motifs is 1. The number of nitriles is 1. The Bertz CT molecular complexity index is 576. The second-order valence-corrected chi connectivity index (χ2v) is 4.40. The summed E-state index contributed by atoms with van der Waals surface area (Å²) < 4.78 is 2.09. The third-order valence-corrected chi connectivity index (χ3v) is 3.33. The average Bonchev–Trinajstić information content (AvgIpc) is 2.58. The van der Waals surface area contributed by atoms with E-state index in [0.29, 0.717) is 6.42 Å². The minimum absolute atomic E-state index is 0.556. The van der Waals surface area contributed by atoms with Gasteiger partial charge in [0.1, 0.15) is 0 Å². The predicted octanol–water partition coefficient (Wildman–Crippen LogP) is 3.60. The van der Waals surface area contributed by atoms with E-state index in [2.05, 4.69) is 16.8 Å². The number of halogens is 1. The minimum Gasteiger partial charge on any atom is -0.350 e. The molecule has 0 amide bonds. The standard InChI is InChI=1S/C13H13ClN2/c1-9-12(14)6-5-11-10(4-3-7-15)8-16(2)13(9)11/h5-6,8H,3-4H2,1-2H3. The molecular weight excluding hydrogens is 220 g/mol. The average molecular weight is 233 g/mol. The highest BCUT2D eigenvalue weighted by Gasteiger charge is 2.10. The highest BCUT2D eigenvalue weighted by atomic mass is 35.5. The van der Waals surface area contributed by atoms with Crippen LogP contribution >= 0.6 is 11.6 Å². The van der Waals surface area contributed by atoms with Crippen molar-refractivity contribution >= 4 is 22.5 Å². The molecule has 0 aliphatic rings. The third kappa shape index (κ3) is 1.68. The lowest BCUT2D eigenvalue weighted by atomic mass is 10.1. The van der Waals surface area contributed by atoms with Crippen molar-refractivity contribution < 1.29 is 0 Å². The second kappa shape index (κ2) is 4.19. The fourth-order valence-electron chi connectivity index (χ4n) is 2.15. The highest BCUT2D eigenvalue weighted by molar-refractivity contribution is 6.32. The van der Waals surface area contributed by atoms with Gasteiger partial charge in [0, 0.05) is 30.1 Å². The van der Waals surface area contributed by atoms with E-state index in [1.165, 1.54) is 16.5 Å². The van der Waals surface area contributed by atoms with Crippen LogP contribution in [0.1, 0.15) is 17.5 Å². The van der Waals surface area contributed by atoms with Gasteiger partial charge in [0.2, 0.25) is 0 Å². The van der Waals surface area contributed by atoms with Crippen molar-refractivity contribution in [3.63, 3.8) is 0 Å². The molecule has 0 bridgehead atoms. The van der Waals surface area contributed by atoms with E-state index in [9.17, 15) is 0 Å². The molecule has 2 rings (SSSR count). The smallest absolute Gasteiger partial charge is 0.0625 e. The maximum atomic E-state index is 8.63. The minimum atomic E-state index is 0.556. The van der Waals surface area contributed by atoms with Crippen molar-refractivity contribution in [2.45, 2.75) is 19.8 Å². The van der Waals surface area contributed by atoms with Crippen LogP contribution in [0.5, 0.6) is 0 Å². The monoisotopic (exact) mass is 232 g/mol. The Kier molecular flexibility index (Phi) is 2.89.